The van der Waals surface area contributed by atoms with E-state index in [1.54, 1.807) is 0 Å². The van der Waals surface area contributed by atoms with E-state index in [4.69, 9.17) is 5.11 Å². The molecule has 1 aliphatic rings. The molecule has 0 atom stereocenters. The van der Waals surface area contributed by atoms with Gasteiger partial charge < -0.3 is 15.0 Å². The lowest BCUT2D eigenvalue weighted by Crippen LogP contribution is -2.29. The Bertz CT molecular complexity index is 779. The van der Waals surface area contributed by atoms with E-state index in [1.807, 2.05) is 4.90 Å². The number of H-pyrrole nitrogens is 1. The van der Waals surface area contributed by atoms with Gasteiger partial charge in [0.15, 0.2) is 10.8 Å². The Hall–Kier alpha value is -1.61. The van der Waals surface area contributed by atoms with Crippen LogP contribution in [0.5, 0.6) is 0 Å². The second-order valence-corrected chi connectivity index (χ2v) is 6.83. The lowest BCUT2D eigenvalue weighted by molar-refractivity contribution is -0.136. The molecule has 1 saturated heterocycles. The van der Waals surface area contributed by atoms with Gasteiger partial charge in [0.05, 0.1) is 10.3 Å². The molecule has 2 aromatic heterocycles. The molecule has 0 saturated carbocycles. The molecular weight excluding hydrogens is 343 g/mol. The van der Waals surface area contributed by atoms with Crippen molar-refractivity contribution in [1.29, 1.82) is 0 Å². The Balaban J connectivity index is 2.15. The zero-order valence-corrected chi connectivity index (χ0v) is 13.8. The first-order valence-electron chi connectivity index (χ1n) is 7.90. The normalized spacial score (nSPS) is 16.1. The maximum Gasteiger partial charge on any atom is 0.418 e. The number of nitrogens with one attached hydrogen (secondary N) is 1. The van der Waals surface area contributed by atoms with Crippen LogP contribution in [0.4, 0.5) is 18.3 Å². The van der Waals surface area contributed by atoms with Crippen LogP contribution in [0.1, 0.15) is 36.8 Å². The molecule has 0 aliphatic carbocycles. The summed E-state index contributed by atoms with van der Waals surface area (Å²) in [7, 11) is 0. The molecule has 1 aliphatic heterocycles. The van der Waals surface area contributed by atoms with Crippen LogP contribution in [-0.4, -0.2) is 34.8 Å². The molecule has 132 valence electrons. The van der Waals surface area contributed by atoms with Crippen LogP contribution in [0.25, 0.3) is 10.3 Å². The number of piperidine rings is 1. The van der Waals surface area contributed by atoms with Crippen LogP contribution in [0, 0.1) is 0 Å². The van der Waals surface area contributed by atoms with E-state index in [2.05, 4.69) is 9.97 Å². The monoisotopic (exact) mass is 361 g/mol. The summed E-state index contributed by atoms with van der Waals surface area (Å²) in [5, 5.41) is 9.41. The number of halogens is 3. The highest BCUT2D eigenvalue weighted by Crippen LogP contribution is 2.40. The number of nitrogens with zero attached hydrogens (tertiary/aromatic N) is 2. The fourth-order valence-electron chi connectivity index (χ4n) is 3.01. The van der Waals surface area contributed by atoms with Gasteiger partial charge in [-0.15, -0.1) is 0 Å². The molecule has 2 N–H and O–H groups in total. The number of aliphatic hydroxyl groups excluding tert-OH is 1. The Morgan fingerprint density at radius 1 is 1.25 bits per heavy atom. The molecule has 3 heterocycles. The maximum atomic E-state index is 13.6. The van der Waals surface area contributed by atoms with Crippen LogP contribution in [0.2, 0.25) is 0 Å². The van der Waals surface area contributed by atoms with Crippen LogP contribution < -0.4 is 10.5 Å². The SMILES string of the molecule is O=c1[nH]c2nc(N3CCCCC3)sc2c(C(F)(F)F)c1CCCO. The number of hydrogen-bond acceptors (Lipinski definition) is 5. The zero-order valence-electron chi connectivity index (χ0n) is 12.9. The van der Waals surface area contributed by atoms with Gasteiger partial charge in [-0.2, -0.15) is 13.2 Å². The molecule has 0 unspecified atom stereocenters. The number of anilines is 1. The molecule has 0 aromatic carbocycles. The highest BCUT2D eigenvalue weighted by Gasteiger charge is 2.38. The van der Waals surface area contributed by atoms with Gasteiger partial charge in [0, 0.05) is 25.3 Å². The number of aromatic amines is 1. The molecule has 0 spiro atoms. The number of aromatic nitrogens is 2. The highest BCUT2D eigenvalue weighted by atomic mass is 32.1. The van der Waals surface area contributed by atoms with Crippen molar-refractivity contribution < 1.29 is 18.3 Å². The van der Waals surface area contributed by atoms with E-state index in [9.17, 15) is 18.0 Å². The zero-order chi connectivity index (χ0) is 17.3. The lowest BCUT2D eigenvalue weighted by Gasteiger charge is -2.25. The van der Waals surface area contributed by atoms with Crippen LogP contribution in [0.15, 0.2) is 4.79 Å². The average molecular weight is 361 g/mol. The summed E-state index contributed by atoms with van der Waals surface area (Å²) in [5.41, 5.74) is -2.02. The topological polar surface area (TPSA) is 69.2 Å². The lowest BCUT2D eigenvalue weighted by atomic mass is 10.0. The van der Waals surface area contributed by atoms with Gasteiger partial charge >= 0.3 is 6.18 Å². The summed E-state index contributed by atoms with van der Waals surface area (Å²) < 4.78 is 40.7. The molecule has 0 radical (unpaired) electrons. The molecule has 9 heteroatoms. The van der Waals surface area contributed by atoms with E-state index in [0.29, 0.717) is 5.13 Å². The Kier molecular flexibility index (Phi) is 4.82. The third-order valence-corrected chi connectivity index (χ3v) is 5.28. The van der Waals surface area contributed by atoms with Crippen molar-refractivity contribution in [2.45, 2.75) is 38.3 Å². The van der Waals surface area contributed by atoms with Crippen molar-refractivity contribution in [3.05, 3.63) is 21.5 Å². The molecule has 3 rings (SSSR count). The number of rotatable bonds is 4. The average Bonchev–Trinajstić information content (AvgIpc) is 2.95. The van der Waals surface area contributed by atoms with Crippen LogP contribution in [-0.2, 0) is 12.6 Å². The van der Waals surface area contributed by atoms with Gasteiger partial charge in [-0.25, -0.2) is 4.98 Å². The largest absolute Gasteiger partial charge is 0.418 e. The summed E-state index contributed by atoms with van der Waals surface area (Å²) in [6.07, 6.45) is -1.57. The van der Waals surface area contributed by atoms with Gasteiger partial charge in [0.2, 0.25) is 0 Å². The summed E-state index contributed by atoms with van der Waals surface area (Å²) in [6.45, 7) is 1.27. The maximum absolute atomic E-state index is 13.6. The van der Waals surface area contributed by atoms with Crippen molar-refractivity contribution in [3.63, 3.8) is 0 Å². The number of fused-ring (bicyclic) bond motifs is 1. The molecular formula is C15H18F3N3O2S. The third-order valence-electron chi connectivity index (χ3n) is 4.15. The van der Waals surface area contributed by atoms with Gasteiger partial charge in [-0.05, 0) is 32.1 Å². The fourth-order valence-corrected chi connectivity index (χ4v) is 4.18. The van der Waals surface area contributed by atoms with Gasteiger partial charge in [-0.1, -0.05) is 11.3 Å². The van der Waals surface area contributed by atoms with Crippen molar-refractivity contribution in [3.8, 4) is 0 Å². The van der Waals surface area contributed by atoms with Crippen molar-refractivity contribution in [2.24, 2.45) is 0 Å². The Labute approximate surface area is 140 Å². The number of alkyl halides is 3. The molecule has 1 fully saturated rings. The second-order valence-electron chi connectivity index (χ2n) is 5.85. The minimum absolute atomic E-state index is 0.00866. The van der Waals surface area contributed by atoms with Crippen molar-refractivity contribution in [2.75, 3.05) is 24.6 Å². The molecule has 0 bridgehead atoms. The summed E-state index contributed by atoms with van der Waals surface area (Å²) >= 11 is 0.976. The molecule has 5 nitrogen and oxygen atoms in total. The van der Waals surface area contributed by atoms with E-state index in [-0.39, 0.29) is 35.4 Å². The summed E-state index contributed by atoms with van der Waals surface area (Å²) in [4.78, 5) is 20.8. The molecule has 24 heavy (non-hydrogen) atoms. The van der Waals surface area contributed by atoms with E-state index >= 15 is 0 Å². The number of pyridine rings is 1. The minimum atomic E-state index is -4.64. The number of thiazole rings is 1. The number of aliphatic hydroxyl groups is 1. The second kappa shape index (κ2) is 6.72. The van der Waals surface area contributed by atoms with E-state index < -0.39 is 17.3 Å². The first-order chi connectivity index (χ1) is 11.4. The third kappa shape index (κ3) is 3.27. The summed E-state index contributed by atoms with van der Waals surface area (Å²) in [6, 6.07) is 0. The summed E-state index contributed by atoms with van der Waals surface area (Å²) in [5.74, 6) is 0. The van der Waals surface area contributed by atoms with Crippen LogP contribution >= 0.6 is 11.3 Å². The van der Waals surface area contributed by atoms with Crippen LogP contribution in [0.3, 0.4) is 0 Å². The van der Waals surface area contributed by atoms with Gasteiger partial charge in [0.1, 0.15) is 0 Å². The first kappa shape index (κ1) is 17.2. The smallest absolute Gasteiger partial charge is 0.396 e. The predicted octanol–water partition coefficient (Wildman–Crippen LogP) is 2.92. The Morgan fingerprint density at radius 3 is 2.58 bits per heavy atom. The molecule has 0 amide bonds. The first-order valence-corrected chi connectivity index (χ1v) is 8.72. The fraction of sp³-hybridized carbons (Fsp3) is 0.600. The van der Waals surface area contributed by atoms with E-state index in [1.165, 1.54) is 0 Å². The quantitative estimate of drug-likeness (QED) is 0.879. The highest BCUT2D eigenvalue weighted by molar-refractivity contribution is 7.22. The number of hydrogen-bond donors (Lipinski definition) is 2. The predicted molar refractivity (Wildman–Crippen MR) is 86.7 cm³/mol. The van der Waals surface area contributed by atoms with Gasteiger partial charge in [0.25, 0.3) is 5.56 Å². The van der Waals surface area contributed by atoms with Gasteiger partial charge in [-0.3, -0.25) is 4.79 Å². The standard InChI is InChI=1S/C15H18F3N3O2S/c16-15(17,18)10-9(5-4-8-22)13(23)19-12-11(10)24-14(20-12)21-6-2-1-3-7-21/h22H,1-8H2,(H,19,23). The molecule has 2 aromatic rings. The van der Waals surface area contributed by atoms with Crippen molar-refractivity contribution in [1.82, 2.24) is 9.97 Å². The van der Waals surface area contributed by atoms with E-state index in [0.717, 1.165) is 43.7 Å². The van der Waals surface area contributed by atoms with Crippen molar-refractivity contribution >= 4 is 26.8 Å². The Morgan fingerprint density at radius 2 is 1.96 bits per heavy atom. The minimum Gasteiger partial charge on any atom is -0.396 e.